The largest absolute Gasteiger partial charge is 0.491 e. The van der Waals surface area contributed by atoms with Gasteiger partial charge in [0.25, 0.3) is 0 Å². The summed E-state index contributed by atoms with van der Waals surface area (Å²) in [6, 6.07) is 3.35. The summed E-state index contributed by atoms with van der Waals surface area (Å²) in [5, 5.41) is 19.2. The zero-order valence-corrected chi connectivity index (χ0v) is 8.71. The van der Waals surface area contributed by atoms with Crippen LogP contribution in [-0.4, -0.2) is 34.3 Å². The zero-order valence-electron chi connectivity index (χ0n) is 8.71. The molecule has 1 aromatic heterocycles. The second-order valence-electron chi connectivity index (χ2n) is 3.89. The van der Waals surface area contributed by atoms with E-state index in [0.29, 0.717) is 5.76 Å². The minimum atomic E-state index is -1.64. The molecule has 1 aliphatic heterocycles. The van der Waals surface area contributed by atoms with Crippen LogP contribution >= 0.6 is 0 Å². The first-order valence-electron chi connectivity index (χ1n) is 4.83. The van der Waals surface area contributed by atoms with E-state index in [1.165, 1.54) is 19.3 Å². The van der Waals surface area contributed by atoms with Gasteiger partial charge in [0, 0.05) is 6.08 Å². The SMILES string of the molecule is CC1(O)CO/C(=C/c2ccco2)C(O)C1=O. The number of ether oxygens (including phenoxy) is 1. The Labute approximate surface area is 91.9 Å². The van der Waals surface area contributed by atoms with Crippen molar-refractivity contribution in [3.8, 4) is 0 Å². The van der Waals surface area contributed by atoms with Crippen molar-refractivity contribution in [1.82, 2.24) is 0 Å². The fourth-order valence-corrected chi connectivity index (χ4v) is 1.43. The number of carbonyl (C=O) groups excluding carboxylic acids is 1. The third-order valence-corrected chi connectivity index (χ3v) is 2.40. The summed E-state index contributed by atoms with van der Waals surface area (Å²) in [7, 11) is 0. The van der Waals surface area contributed by atoms with Gasteiger partial charge in [0.05, 0.1) is 6.26 Å². The average Bonchev–Trinajstić information content (AvgIpc) is 2.72. The van der Waals surface area contributed by atoms with Crippen LogP contribution in [0.4, 0.5) is 0 Å². The van der Waals surface area contributed by atoms with Crippen molar-refractivity contribution in [3.63, 3.8) is 0 Å². The molecule has 0 saturated carbocycles. The molecule has 2 rings (SSSR count). The summed E-state index contributed by atoms with van der Waals surface area (Å²) < 4.78 is 10.2. The van der Waals surface area contributed by atoms with Gasteiger partial charge in [-0.2, -0.15) is 0 Å². The molecule has 2 atom stereocenters. The molecule has 1 fully saturated rings. The fraction of sp³-hybridized carbons (Fsp3) is 0.364. The van der Waals surface area contributed by atoms with Crippen molar-refractivity contribution in [3.05, 3.63) is 29.9 Å². The van der Waals surface area contributed by atoms with Crippen molar-refractivity contribution in [2.75, 3.05) is 6.61 Å². The molecular weight excluding hydrogens is 212 g/mol. The predicted octanol–water partition coefficient (Wildman–Crippen LogP) is 0.332. The highest BCUT2D eigenvalue weighted by molar-refractivity contribution is 5.94. The average molecular weight is 224 g/mol. The highest BCUT2D eigenvalue weighted by Crippen LogP contribution is 2.24. The second kappa shape index (κ2) is 3.77. The maximum Gasteiger partial charge on any atom is 0.203 e. The van der Waals surface area contributed by atoms with E-state index in [-0.39, 0.29) is 12.4 Å². The number of Topliss-reactive ketones (excluding diaryl/α,β-unsaturated/α-hetero) is 1. The molecule has 86 valence electrons. The first-order valence-corrected chi connectivity index (χ1v) is 4.83. The van der Waals surface area contributed by atoms with Crippen LogP contribution < -0.4 is 0 Å². The van der Waals surface area contributed by atoms with Crippen LogP contribution in [0, 0.1) is 0 Å². The van der Waals surface area contributed by atoms with Crippen molar-refractivity contribution < 1.29 is 24.2 Å². The van der Waals surface area contributed by atoms with Gasteiger partial charge in [0.2, 0.25) is 5.78 Å². The summed E-state index contributed by atoms with van der Waals surface area (Å²) >= 11 is 0. The molecule has 5 heteroatoms. The molecule has 1 saturated heterocycles. The minimum absolute atomic E-state index is 0.0893. The normalized spacial score (nSPS) is 32.8. The topological polar surface area (TPSA) is 79.9 Å². The summed E-state index contributed by atoms with van der Waals surface area (Å²) in [6.45, 7) is 1.14. The van der Waals surface area contributed by atoms with Crippen molar-refractivity contribution in [2.45, 2.75) is 18.6 Å². The second-order valence-corrected chi connectivity index (χ2v) is 3.89. The van der Waals surface area contributed by atoms with Crippen LogP contribution in [0.15, 0.2) is 28.6 Å². The number of hydrogen-bond donors (Lipinski definition) is 2. The van der Waals surface area contributed by atoms with E-state index in [0.717, 1.165) is 0 Å². The van der Waals surface area contributed by atoms with E-state index in [2.05, 4.69) is 0 Å². The Morgan fingerprint density at radius 1 is 1.62 bits per heavy atom. The van der Waals surface area contributed by atoms with Gasteiger partial charge >= 0.3 is 0 Å². The molecule has 2 heterocycles. The maximum atomic E-state index is 11.5. The zero-order chi connectivity index (χ0) is 11.8. The Balaban J connectivity index is 2.24. The highest BCUT2D eigenvalue weighted by atomic mass is 16.5. The summed E-state index contributed by atoms with van der Waals surface area (Å²) in [5.41, 5.74) is -1.64. The third kappa shape index (κ3) is 1.87. The van der Waals surface area contributed by atoms with Crippen LogP contribution in [0.3, 0.4) is 0 Å². The lowest BCUT2D eigenvalue weighted by atomic mass is 9.93. The van der Waals surface area contributed by atoms with Crippen LogP contribution in [-0.2, 0) is 9.53 Å². The number of aliphatic hydroxyl groups excluding tert-OH is 1. The van der Waals surface area contributed by atoms with Crippen molar-refractivity contribution >= 4 is 11.9 Å². The molecule has 0 radical (unpaired) electrons. The molecule has 0 aromatic carbocycles. The summed E-state index contributed by atoms with van der Waals surface area (Å²) in [6.07, 6.45) is 1.45. The number of aliphatic hydroxyl groups is 2. The first kappa shape index (κ1) is 10.9. The predicted molar refractivity (Wildman–Crippen MR) is 54.3 cm³/mol. The van der Waals surface area contributed by atoms with Gasteiger partial charge in [-0.25, -0.2) is 0 Å². The molecule has 1 aliphatic rings. The van der Waals surface area contributed by atoms with Crippen LogP contribution in [0.5, 0.6) is 0 Å². The lowest BCUT2D eigenvalue weighted by Gasteiger charge is -2.31. The summed E-state index contributed by atoms with van der Waals surface area (Å²) in [4.78, 5) is 11.5. The molecule has 1 aromatic rings. The smallest absolute Gasteiger partial charge is 0.203 e. The molecule has 0 spiro atoms. The van der Waals surface area contributed by atoms with Crippen LogP contribution in [0.1, 0.15) is 12.7 Å². The quantitative estimate of drug-likeness (QED) is 0.718. The van der Waals surface area contributed by atoms with Crippen LogP contribution in [0.2, 0.25) is 0 Å². The summed E-state index contributed by atoms with van der Waals surface area (Å²) in [5.74, 6) is -0.105. The molecule has 0 aliphatic carbocycles. The highest BCUT2D eigenvalue weighted by Gasteiger charge is 2.42. The Bertz CT molecular complexity index is 416. The van der Waals surface area contributed by atoms with Gasteiger partial charge < -0.3 is 19.4 Å². The van der Waals surface area contributed by atoms with Gasteiger partial charge in [-0.05, 0) is 19.1 Å². The third-order valence-electron chi connectivity index (χ3n) is 2.40. The minimum Gasteiger partial charge on any atom is -0.491 e. The molecule has 5 nitrogen and oxygen atoms in total. The number of hydrogen-bond acceptors (Lipinski definition) is 5. The molecule has 0 amide bonds. The number of ketones is 1. The lowest BCUT2D eigenvalue weighted by Crippen LogP contribution is -2.51. The Morgan fingerprint density at radius 2 is 2.38 bits per heavy atom. The van der Waals surface area contributed by atoms with Crippen molar-refractivity contribution in [2.24, 2.45) is 0 Å². The van der Waals surface area contributed by atoms with Gasteiger partial charge in [-0.15, -0.1) is 0 Å². The number of rotatable bonds is 1. The van der Waals surface area contributed by atoms with E-state index in [1.54, 1.807) is 12.1 Å². The standard InChI is InChI=1S/C11H12O5/c1-11(14)6-16-8(9(12)10(11)13)5-7-3-2-4-15-7/h2-5,9,12,14H,6H2,1H3/b8-5+. The van der Waals surface area contributed by atoms with E-state index in [9.17, 15) is 15.0 Å². The van der Waals surface area contributed by atoms with E-state index in [1.807, 2.05) is 0 Å². The number of furan rings is 1. The molecule has 0 bridgehead atoms. The van der Waals surface area contributed by atoms with Gasteiger partial charge in [0.15, 0.2) is 11.7 Å². The molecule has 16 heavy (non-hydrogen) atoms. The van der Waals surface area contributed by atoms with Gasteiger partial charge in [0.1, 0.15) is 18.1 Å². The van der Waals surface area contributed by atoms with E-state index < -0.39 is 17.5 Å². The molecular formula is C11H12O5. The molecule has 2 N–H and O–H groups in total. The molecule has 2 unspecified atom stereocenters. The van der Waals surface area contributed by atoms with Gasteiger partial charge in [-0.3, -0.25) is 4.79 Å². The number of carbonyl (C=O) groups is 1. The van der Waals surface area contributed by atoms with Crippen LogP contribution in [0.25, 0.3) is 6.08 Å². The maximum absolute atomic E-state index is 11.5. The monoisotopic (exact) mass is 224 g/mol. The van der Waals surface area contributed by atoms with E-state index in [4.69, 9.17) is 9.15 Å². The fourth-order valence-electron chi connectivity index (χ4n) is 1.43. The Hall–Kier alpha value is -1.59. The Kier molecular flexibility index (Phi) is 2.57. The Morgan fingerprint density at radius 3 is 3.00 bits per heavy atom. The van der Waals surface area contributed by atoms with Gasteiger partial charge in [-0.1, -0.05) is 0 Å². The van der Waals surface area contributed by atoms with E-state index >= 15 is 0 Å². The van der Waals surface area contributed by atoms with Crippen molar-refractivity contribution in [1.29, 1.82) is 0 Å². The lowest BCUT2D eigenvalue weighted by molar-refractivity contribution is -0.157. The first-order chi connectivity index (χ1) is 7.50.